The van der Waals surface area contributed by atoms with Gasteiger partial charge in [-0.15, -0.1) is 11.8 Å². The number of ether oxygens (including phenoxy) is 1. The highest BCUT2D eigenvalue weighted by molar-refractivity contribution is 7.98. The van der Waals surface area contributed by atoms with E-state index < -0.39 is 0 Å². The van der Waals surface area contributed by atoms with Crippen LogP contribution in [0.5, 0.6) is 0 Å². The fourth-order valence-corrected chi connectivity index (χ4v) is 1.13. The van der Waals surface area contributed by atoms with E-state index >= 15 is 0 Å². The van der Waals surface area contributed by atoms with Crippen molar-refractivity contribution in [1.82, 2.24) is 4.57 Å². The summed E-state index contributed by atoms with van der Waals surface area (Å²) in [6.45, 7) is 0. The summed E-state index contributed by atoms with van der Waals surface area (Å²) in [4.78, 5) is 11.9. The largest absolute Gasteiger partial charge is 0.452 e. The lowest BCUT2D eigenvalue weighted by atomic mass is 10.7. The molecule has 3 nitrogen and oxygen atoms in total. The van der Waals surface area contributed by atoms with Gasteiger partial charge in [0.05, 0.1) is 7.11 Å². The van der Waals surface area contributed by atoms with Gasteiger partial charge in [0.2, 0.25) is 0 Å². The van der Waals surface area contributed by atoms with Crippen molar-refractivity contribution in [1.29, 1.82) is 0 Å². The van der Waals surface area contributed by atoms with Gasteiger partial charge in [-0.3, -0.25) is 4.57 Å². The van der Waals surface area contributed by atoms with Crippen molar-refractivity contribution >= 4 is 17.9 Å². The molecule has 4 heteroatoms. The van der Waals surface area contributed by atoms with Gasteiger partial charge in [-0.2, -0.15) is 0 Å². The molecule has 0 saturated carbocycles. The number of methoxy groups -OCH3 is 1. The fraction of sp³-hybridized carbons (Fsp3) is 0.286. The topological polar surface area (TPSA) is 31.2 Å². The molecule has 0 spiro atoms. The summed E-state index contributed by atoms with van der Waals surface area (Å²) in [5.41, 5.74) is 0. The first-order chi connectivity index (χ1) is 5.27. The molecule has 0 saturated heterocycles. The minimum atomic E-state index is -0.356. The third-order valence-corrected chi connectivity index (χ3v) is 2.00. The first-order valence-electron chi connectivity index (χ1n) is 3.08. The Balaban J connectivity index is 2.80. The summed E-state index contributed by atoms with van der Waals surface area (Å²) in [7, 11) is 1.36. The average molecular weight is 171 g/mol. The van der Waals surface area contributed by atoms with E-state index in [2.05, 4.69) is 4.74 Å². The minimum absolute atomic E-state index is 0.356. The van der Waals surface area contributed by atoms with Crippen LogP contribution in [0.25, 0.3) is 0 Å². The van der Waals surface area contributed by atoms with E-state index in [-0.39, 0.29) is 6.09 Å². The van der Waals surface area contributed by atoms with Crippen LogP contribution in [0, 0.1) is 0 Å². The molecule has 0 atom stereocenters. The number of hydrogen-bond donors (Lipinski definition) is 0. The van der Waals surface area contributed by atoms with Gasteiger partial charge in [-0.05, 0) is 12.3 Å². The number of hydrogen-bond acceptors (Lipinski definition) is 3. The predicted octanol–water partition coefficient (Wildman–Crippen LogP) is 1.82. The Morgan fingerprint density at radius 3 is 2.91 bits per heavy atom. The van der Waals surface area contributed by atoms with Crippen molar-refractivity contribution in [2.24, 2.45) is 0 Å². The zero-order valence-corrected chi connectivity index (χ0v) is 7.22. The van der Waals surface area contributed by atoms with E-state index in [0.717, 1.165) is 4.90 Å². The number of aromatic nitrogens is 1. The summed E-state index contributed by atoms with van der Waals surface area (Å²) in [6, 6.07) is 1.86. The molecule has 0 unspecified atom stereocenters. The molecule has 0 bridgehead atoms. The van der Waals surface area contributed by atoms with Crippen molar-refractivity contribution in [3.8, 4) is 0 Å². The number of nitrogens with zero attached hydrogens (tertiary/aromatic N) is 1. The zero-order valence-electron chi connectivity index (χ0n) is 6.40. The quantitative estimate of drug-likeness (QED) is 0.604. The van der Waals surface area contributed by atoms with Gasteiger partial charge in [0.15, 0.2) is 0 Å². The SMILES string of the molecule is COC(=O)n1ccc(SC)c1. The van der Waals surface area contributed by atoms with Crippen LogP contribution in [0.2, 0.25) is 0 Å². The van der Waals surface area contributed by atoms with Crippen LogP contribution in [0.4, 0.5) is 4.79 Å². The van der Waals surface area contributed by atoms with E-state index in [1.165, 1.54) is 11.7 Å². The molecule has 1 rings (SSSR count). The molecule has 1 aromatic heterocycles. The molecular weight excluding hydrogens is 162 g/mol. The second-order valence-corrected chi connectivity index (χ2v) is 2.81. The molecule has 0 fully saturated rings. The predicted molar refractivity (Wildman–Crippen MR) is 44.0 cm³/mol. The van der Waals surface area contributed by atoms with E-state index in [1.807, 2.05) is 12.3 Å². The molecule has 60 valence electrons. The number of carbonyl (C=O) groups excluding carboxylic acids is 1. The number of thioether (sulfide) groups is 1. The average Bonchev–Trinajstić information content (AvgIpc) is 2.50. The van der Waals surface area contributed by atoms with Crippen molar-refractivity contribution in [2.45, 2.75) is 4.90 Å². The van der Waals surface area contributed by atoms with Crippen LogP contribution in [-0.4, -0.2) is 24.0 Å². The van der Waals surface area contributed by atoms with Crippen LogP contribution in [0.3, 0.4) is 0 Å². The minimum Gasteiger partial charge on any atom is -0.452 e. The summed E-state index contributed by atoms with van der Waals surface area (Å²) >= 11 is 1.59. The van der Waals surface area contributed by atoms with E-state index in [9.17, 15) is 4.79 Å². The van der Waals surface area contributed by atoms with Crippen LogP contribution >= 0.6 is 11.8 Å². The Morgan fingerprint density at radius 2 is 2.45 bits per heavy atom. The molecule has 0 aliphatic rings. The molecular formula is C7H9NO2S. The first-order valence-corrected chi connectivity index (χ1v) is 4.30. The first kappa shape index (κ1) is 8.20. The molecule has 0 aromatic carbocycles. The Kier molecular flexibility index (Phi) is 2.59. The van der Waals surface area contributed by atoms with Gasteiger partial charge in [0, 0.05) is 17.3 Å². The van der Waals surface area contributed by atoms with Crippen molar-refractivity contribution in [3.05, 3.63) is 18.5 Å². The summed E-state index contributed by atoms with van der Waals surface area (Å²) < 4.78 is 5.92. The highest BCUT2D eigenvalue weighted by Gasteiger charge is 2.02. The molecule has 0 radical (unpaired) electrons. The van der Waals surface area contributed by atoms with E-state index in [4.69, 9.17) is 0 Å². The summed E-state index contributed by atoms with van der Waals surface area (Å²) in [5.74, 6) is 0. The normalized spacial score (nSPS) is 9.64. The van der Waals surface area contributed by atoms with Crippen LogP contribution in [0.1, 0.15) is 0 Å². The molecule has 0 N–H and O–H groups in total. The third kappa shape index (κ3) is 1.77. The van der Waals surface area contributed by atoms with Gasteiger partial charge in [-0.1, -0.05) is 0 Å². The molecule has 0 aliphatic carbocycles. The van der Waals surface area contributed by atoms with Gasteiger partial charge in [0.1, 0.15) is 0 Å². The van der Waals surface area contributed by atoms with Crippen molar-refractivity contribution in [3.63, 3.8) is 0 Å². The molecule has 1 heterocycles. The number of rotatable bonds is 1. The molecule has 1 aromatic rings. The summed E-state index contributed by atoms with van der Waals surface area (Å²) in [6.07, 6.45) is 5.01. The zero-order chi connectivity index (χ0) is 8.27. The van der Waals surface area contributed by atoms with Gasteiger partial charge in [0.25, 0.3) is 0 Å². The number of carbonyl (C=O) groups is 1. The molecule has 0 amide bonds. The standard InChI is InChI=1S/C7H9NO2S/c1-10-7(9)8-4-3-6(5-8)11-2/h3-5H,1-2H3. The molecule has 11 heavy (non-hydrogen) atoms. The lowest BCUT2D eigenvalue weighted by Gasteiger charge is -1.96. The van der Waals surface area contributed by atoms with E-state index in [0.29, 0.717) is 0 Å². The molecule has 0 aliphatic heterocycles. The van der Waals surface area contributed by atoms with Gasteiger partial charge >= 0.3 is 6.09 Å². The van der Waals surface area contributed by atoms with Crippen LogP contribution in [-0.2, 0) is 4.74 Å². The van der Waals surface area contributed by atoms with Gasteiger partial charge < -0.3 is 4.74 Å². The lowest BCUT2D eigenvalue weighted by molar-refractivity contribution is 0.173. The second-order valence-electron chi connectivity index (χ2n) is 1.93. The van der Waals surface area contributed by atoms with Gasteiger partial charge in [-0.25, -0.2) is 4.79 Å². The van der Waals surface area contributed by atoms with Crippen molar-refractivity contribution < 1.29 is 9.53 Å². The van der Waals surface area contributed by atoms with Crippen LogP contribution in [0.15, 0.2) is 23.4 Å². The Hall–Kier alpha value is -0.900. The highest BCUT2D eigenvalue weighted by Crippen LogP contribution is 2.13. The monoisotopic (exact) mass is 171 g/mol. The summed E-state index contributed by atoms with van der Waals surface area (Å²) in [5, 5.41) is 0. The maximum Gasteiger partial charge on any atom is 0.417 e. The maximum absolute atomic E-state index is 10.9. The smallest absolute Gasteiger partial charge is 0.417 e. The highest BCUT2D eigenvalue weighted by atomic mass is 32.2. The van der Waals surface area contributed by atoms with E-state index in [1.54, 1.807) is 24.2 Å². The fourth-order valence-electron chi connectivity index (χ4n) is 0.717. The Morgan fingerprint density at radius 1 is 1.73 bits per heavy atom. The maximum atomic E-state index is 10.9. The third-order valence-electron chi connectivity index (χ3n) is 1.29. The van der Waals surface area contributed by atoms with Crippen molar-refractivity contribution in [2.75, 3.05) is 13.4 Å². The lowest BCUT2D eigenvalue weighted by Crippen LogP contribution is -2.07. The van der Waals surface area contributed by atoms with Crippen LogP contribution < -0.4 is 0 Å². The Labute approximate surface area is 69.3 Å². The Bertz CT molecular complexity index is 257. The second kappa shape index (κ2) is 3.48.